The van der Waals surface area contributed by atoms with Crippen LogP contribution in [0.1, 0.15) is 51.4 Å². The third-order valence-electron chi connectivity index (χ3n) is 8.61. The van der Waals surface area contributed by atoms with Crippen molar-refractivity contribution in [3.05, 3.63) is 24.3 Å². The summed E-state index contributed by atoms with van der Waals surface area (Å²) in [7, 11) is 0. The van der Waals surface area contributed by atoms with Gasteiger partial charge in [0.1, 0.15) is 0 Å². The first kappa shape index (κ1) is 21.9. The number of nitrogens with one attached hydrogen (secondary N) is 1. The number of piperidine rings is 1. The number of likely N-dealkylation sites (tertiary alicyclic amines) is 1. The summed E-state index contributed by atoms with van der Waals surface area (Å²) in [4.78, 5) is 32.2. The lowest BCUT2D eigenvalue weighted by Crippen LogP contribution is -2.52. The van der Waals surface area contributed by atoms with E-state index in [1.165, 1.54) is 50.3 Å². The van der Waals surface area contributed by atoms with E-state index in [4.69, 9.17) is 0 Å². The number of para-hydroxylation sites is 1. The fraction of sp³-hybridized carbons (Fsp3) is 0.654. The molecule has 0 atom stereocenters. The lowest BCUT2D eigenvalue weighted by molar-refractivity contribution is -0.134. The summed E-state index contributed by atoms with van der Waals surface area (Å²) in [5, 5.41) is 3.36. The van der Waals surface area contributed by atoms with Crippen molar-refractivity contribution >= 4 is 45.1 Å². The summed E-state index contributed by atoms with van der Waals surface area (Å²) in [6.07, 6.45) is 9.88. The molecular formula is C26H33N3O2S2. The lowest BCUT2D eigenvalue weighted by Gasteiger charge is -2.57. The van der Waals surface area contributed by atoms with Crippen LogP contribution in [0, 0.1) is 29.1 Å². The molecule has 0 radical (unpaired) electrons. The first-order valence-corrected chi connectivity index (χ1v) is 14.4. The highest BCUT2D eigenvalue weighted by molar-refractivity contribution is 8.01. The highest BCUT2D eigenvalue weighted by atomic mass is 32.2. The maximum absolute atomic E-state index is 12.9. The van der Waals surface area contributed by atoms with Crippen LogP contribution in [0.15, 0.2) is 28.6 Å². The third-order valence-corrected chi connectivity index (χ3v) is 10.8. The van der Waals surface area contributed by atoms with Gasteiger partial charge in [0.05, 0.1) is 16.0 Å². The summed E-state index contributed by atoms with van der Waals surface area (Å²) in [5.41, 5.74) is 1.39. The second kappa shape index (κ2) is 8.88. The van der Waals surface area contributed by atoms with Crippen molar-refractivity contribution in [3.63, 3.8) is 0 Å². The molecule has 2 aromatic rings. The average molecular weight is 484 g/mol. The molecule has 33 heavy (non-hydrogen) atoms. The highest BCUT2D eigenvalue weighted by Crippen LogP contribution is 2.59. The van der Waals surface area contributed by atoms with Crippen LogP contribution in [-0.4, -0.2) is 47.1 Å². The van der Waals surface area contributed by atoms with E-state index in [9.17, 15) is 9.59 Å². The predicted octanol–water partition coefficient (Wildman–Crippen LogP) is 4.96. The monoisotopic (exact) mass is 483 g/mol. The molecule has 1 aromatic heterocycles. The smallest absolute Gasteiger partial charge is 0.233 e. The van der Waals surface area contributed by atoms with E-state index in [1.807, 2.05) is 23.1 Å². The number of thioether (sulfide) groups is 1. The molecule has 4 aliphatic carbocycles. The van der Waals surface area contributed by atoms with Crippen LogP contribution < -0.4 is 5.32 Å². The van der Waals surface area contributed by atoms with Gasteiger partial charge >= 0.3 is 0 Å². The normalized spacial score (nSPS) is 31.3. The van der Waals surface area contributed by atoms with Gasteiger partial charge in [0.25, 0.3) is 0 Å². The molecule has 1 N–H and O–H groups in total. The minimum atomic E-state index is 0.0554. The lowest BCUT2D eigenvalue weighted by atomic mass is 9.49. The number of hydrogen-bond donors (Lipinski definition) is 1. The van der Waals surface area contributed by atoms with E-state index >= 15 is 0 Å². The first-order chi connectivity index (χ1) is 16.1. The number of rotatable bonds is 6. The Morgan fingerprint density at radius 1 is 1.06 bits per heavy atom. The summed E-state index contributed by atoms with van der Waals surface area (Å²) in [6.45, 7) is 2.26. The number of carbonyl (C=O) groups excluding carboxylic acids is 2. The van der Waals surface area contributed by atoms with E-state index in [2.05, 4.69) is 16.4 Å². The molecule has 1 saturated heterocycles. The second-order valence-corrected chi connectivity index (χ2v) is 13.3. The van der Waals surface area contributed by atoms with Crippen LogP contribution in [0.3, 0.4) is 0 Å². The maximum atomic E-state index is 12.9. The van der Waals surface area contributed by atoms with E-state index in [-0.39, 0.29) is 17.7 Å². The number of nitrogens with zero attached hydrogens (tertiary/aromatic N) is 2. The van der Waals surface area contributed by atoms with Gasteiger partial charge < -0.3 is 10.2 Å². The van der Waals surface area contributed by atoms with E-state index < -0.39 is 0 Å². The van der Waals surface area contributed by atoms with E-state index in [0.29, 0.717) is 24.3 Å². The van der Waals surface area contributed by atoms with E-state index in [0.717, 1.165) is 51.7 Å². The van der Waals surface area contributed by atoms with E-state index in [1.54, 1.807) is 11.3 Å². The van der Waals surface area contributed by atoms with Gasteiger partial charge in [-0.1, -0.05) is 23.9 Å². The number of fused-ring (bicyclic) bond motifs is 1. The van der Waals surface area contributed by atoms with Crippen molar-refractivity contribution in [1.82, 2.24) is 15.2 Å². The van der Waals surface area contributed by atoms with Crippen molar-refractivity contribution in [2.75, 3.05) is 25.4 Å². The van der Waals surface area contributed by atoms with Crippen molar-refractivity contribution in [3.8, 4) is 0 Å². The Kier molecular flexibility index (Phi) is 5.89. The Labute approximate surface area is 204 Å². The summed E-state index contributed by atoms with van der Waals surface area (Å²) < 4.78 is 2.11. The molecule has 2 amide bonds. The summed E-state index contributed by atoms with van der Waals surface area (Å²) in [5.74, 6) is 3.62. The van der Waals surface area contributed by atoms with Crippen LogP contribution in [0.2, 0.25) is 0 Å². The number of benzene rings is 1. The Hall–Kier alpha value is -1.60. The van der Waals surface area contributed by atoms with Gasteiger partial charge in [-0.2, -0.15) is 0 Å². The Morgan fingerprint density at radius 2 is 1.73 bits per heavy atom. The number of carbonyl (C=O) groups is 2. The van der Waals surface area contributed by atoms with Crippen molar-refractivity contribution in [1.29, 1.82) is 0 Å². The van der Waals surface area contributed by atoms with Crippen LogP contribution in [0.25, 0.3) is 10.2 Å². The molecule has 1 aromatic carbocycles. The van der Waals surface area contributed by atoms with Crippen LogP contribution in [0.5, 0.6) is 0 Å². The third kappa shape index (κ3) is 4.55. The average Bonchev–Trinajstić information content (AvgIpc) is 3.23. The Morgan fingerprint density at radius 3 is 2.39 bits per heavy atom. The number of hydrogen-bond acceptors (Lipinski definition) is 5. The Balaban J connectivity index is 0.957. The zero-order valence-electron chi connectivity index (χ0n) is 19.1. The fourth-order valence-electron chi connectivity index (χ4n) is 7.44. The van der Waals surface area contributed by atoms with Gasteiger partial charge in [-0.15, -0.1) is 11.3 Å². The first-order valence-electron chi connectivity index (χ1n) is 12.6. The zero-order chi connectivity index (χ0) is 22.4. The van der Waals surface area contributed by atoms with Gasteiger partial charge in [0.2, 0.25) is 11.8 Å². The molecule has 4 bridgehead atoms. The fourth-order valence-corrected chi connectivity index (χ4v) is 9.42. The molecule has 176 valence electrons. The van der Waals surface area contributed by atoms with Crippen LogP contribution in [0.4, 0.5) is 0 Å². The minimum absolute atomic E-state index is 0.0554. The molecular weight excluding hydrogens is 450 g/mol. The van der Waals surface area contributed by atoms with Crippen LogP contribution >= 0.6 is 23.1 Å². The highest BCUT2D eigenvalue weighted by Gasteiger charge is 2.50. The van der Waals surface area contributed by atoms with Crippen molar-refractivity contribution in [2.45, 2.75) is 55.7 Å². The van der Waals surface area contributed by atoms with Gasteiger partial charge in [0, 0.05) is 25.6 Å². The van der Waals surface area contributed by atoms with Gasteiger partial charge in [-0.25, -0.2) is 4.98 Å². The van der Waals surface area contributed by atoms with Crippen LogP contribution in [-0.2, 0) is 9.59 Å². The zero-order valence-corrected chi connectivity index (χ0v) is 20.8. The quantitative estimate of drug-likeness (QED) is 0.590. The minimum Gasteiger partial charge on any atom is -0.355 e. The number of aromatic nitrogens is 1. The van der Waals surface area contributed by atoms with Gasteiger partial charge in [0.15, 0.2) is 4.34 Å². The molecule has 7 rings (SSSR count). The summed E-state index contributed by atoms with van der Waals surface area (Å²) >= 11 is 3.17. The van der Waals surface area contributed by atoms with Crippen molar-refractivity contribution < 1.29 is 9.59 Å². The molecule has 5 nitrogen and oxygen atoms in total. The molecule has 0 spiro atoms. The van der Waals surface area contributed by atoms with Gasteiger partial charge in [-0.3, -0.25) is 9.59 Å². The topological polar surface area (TPSA) is 62.3 Å². The maximum Gasteiger partial charge on any atom is 0.233 e. The molecule has 4 saturated carbocycles. The largest absolute Gasteiger partial charge is 0.355 e. The van der Waals surface area contributed by atoms with Crippen molar-refractivity contribution in [2.24, 2.45) is 29.1 Å². The molecule has 2 heterocycles. The number of thiazole rings is 1. The molecule has 7 heteroatoms. The number of amides is 2. The van der Waals surface area contributed by atoms with Gasteiger partial charge in [-0.05, 0) is 86.7 Å². The SMILES string of the molecule is O=C(NCC12CC3CC(CC(C3)C1)C2)C1CCN(C(=O)CSc2nc3ccccc3s2)CC1. The predicted molar refractivity (Wildman–Crippen MR) is 133 cm³/mol. The molecule has 1 aliphatic heterocycles. The second-order valence-electron chi connectivity index (χ2n) is 11.0. The summed E-state index contributed by atoms with van der Waals surface area (Å²) in [6, 6.07) is 8.09. The molecule has 0 unspecified atom stereocenters. The molecule has 5 aliphatic rings. The standard InChI is InChI=1S/C26H33N3O2S2/c30-23(15-32-25-28-21-3-1-2-4-22(21)33-25)29-7-5-20(6-8-29)24(31)27-16-26-12-17-9-18(13-26)11-19(10-17)14-26/h1-4,17-20H,5-16H2,(H,27,31). The molecule has 5 fully saturated rings. The Bertz CT molecular complexity index is 975.